The Balaban J connectivity index is 2.38. The topological polar surface area (TPSA) is 46.6 Å². The normalized spacial score (nSPS) is 22.1. The average Bonchev–Trinajstić information content (AvgIpc) is 2.35. The highest BCUT2D eigenvalue weighted by molar-refractivity contribution is 7.89. The molecule has 0 bridgehead atoms. The molecule has 21 heavy (non-hydrogen) atoms. The number of nitrogens with zero attached hydrogens (tertiary/aromatic N) is 1. The van der Waals surface area contributed by atoms with Crippen molar-refractivity contribution < 1.29 is 13.2 Å². The first-order valence-electron chi connectivity index (χ1n) is 6.91. The third-order valence-electron chi connectivity index (χ3n) is 3.36. The Morgan fingerprint density at radius 1 is 1.19 bits per heavy atom. The zero-order valence-corrected chi connectivity index (χ0v) is 14.5. The molecule has 1 heterocycles. The summed E-state index contributed by atoms with van der Waals surface area (Å²) in [5, 5.41) is 0. The van der Waals surface area contributed by atoms with Gasteiger partial charge in [-0.25, -0.2) is 8.42 Å². The summed E-state index contributed by atoms with van der Waals surface area (Å²) < 4.78 is 33.2. The second-order valence-corrected chi connectivity index (χ2v) is 8.88. The van der Waals surface area contributed by atoms with Crippen LogP contribution >= 0.6 is 11.6 Å². The summed E-state index contributed by atoms with van der Waals surface area (Å²) in [6.07, 6.45) is 0. The van der Waals surface area contributed by atoms with E-state index in [1.54, 1.807) is 18.2 Å². The van der Waals surface area contributed by atoms with Gasteiger partial charge in [-0.15, -0.1) is 11.6 Å². The molecule has 0 saturated carbocycles. The molecule has 118 valence electrons. The maximum absolute atomic E-state index is 12.9. The van der Waals surface area contributed by atoms with E-state index in [2.05, 4.69) is 0 Å². The van der Waals surface area contributed by atoms with E-state index in [1.165, 1.54) is 4.31 Å². The van der Waals surface area contributed by atoms with Gasteiger partial charge in [-0.2, -0.15) is 4.31 Å². The molecule has 0 amide bonds. The summed E-state index contributed by atoms with van der Waals surface area (Å²) in [7, 11) is -3.54. The number of hydrogen-bond donors (Lipinski definition) is 0. The SMILES string of the molecule is CC1(C)CN(S(=O)(=O)c2cccc(CCl)c2)CC(C)(C)O1. The Bertz CT molecular complexity index is 610. The maximum atomic E-state index is 12.9. The van der Waals surface area contributed by atoms with Crippen molar-refractivity contribution in [2.75, 3.05) is 13.1 Å². The van der Waals surface area contributed by atoms with E-state index >= 15 is 0 Å². The van der Waals surface area contributed by atoms with Crippen LogP contribution in [0, 0.1) is 0 Å². The van der Waals surface area contributed by atoms with E-state index in [4.69, 9.17) is 16.3 Å². The monoisotopic (exact) mass is 331 g/mol. The molecule has 2 rings (SSSR count). The summed E-state index contributed by atoms with van der Waals surface area (Å²) in [5.74, 6) is 0.295. The van der Waals surface area contributed by atoms with Gasteiger partial charge in [-0.3, -0.25) is 0 Å². The number of benzene rings is 1. The van der Waals surface area contributed by atoms with Crippen molar-refractivity contribution in [1.82, 2.24) is 4.31 Å². The Labute approximate surface area is 132 Å². The molecule has 6 heteroatoms. The summed E-state index contributed by atoms with van der Waals surface area (Å²) >= 11 is 5.80. The van der Waals surface area contributed by atoms with Gasteiger partial charge in [0.2, 0.25) is 10.0 Å². The molecule has 1 aliphatic rings. The van der Waals surface area contributed by atoms with Crippen LogP contribution < -0.4 is 0 Å². The first-order valence-corrected chi connectivity index (χ1v) is 8.88. The second-order valence-electron chi connectivity index (χ2n) is 6.68. The van der Waals surface area contributed by atoms with Gasteiger partial charge in [-0.1, -0.05) is 12.1 Å². The van der Waals surface area contributed by atoms with Gasteiger partial charge in [0.25, 0.3) is 0 Å². The predicted molar refractivity (Wildman–Crippen MR) is 84.0 cm³/mol. The van der Waals surface area contributed by atoms with E-state index < -0.39 is 21.2 Å². The number of morpholine rings is 1. The van der Waals surface area contributed by atoms with Crippen LogP contribution in [0.1, 0.15) is 33.3 Å². The number of rotatable bonds is 3. The smallest absolute Gasteiger partial charge is 0.243 e. The van der Waals surface area contributed by atoms with Gasteiger partial charge in [0.15, 0.2) is 0 Å². The lowest BCUT2D eigenvalue weighted by molar-refractivity contribution is -0.163. The number of hydrogen-bond acceptors (Lipinski definition) is 3. The van der Waals surface area contributed by atoms with Crippen LogP contribution in [-0.4, -0.2) is 37.0 Å². The second kappa shape index (κ2) is 5.54. The summed E-state index contributed by atoms with van der Waals surface area (Å²) in [4.78, 5) is 0.286. The minimum atomic E-state index is -3.54. The lowest BCUT2D eigenvalue weighted by atomic mass is 10.0. The molecule has 1 aromatic rings. The zero-order valence-electron chi connectivity index (χ0n) is 12.9. The number of ether oxygens (including phenoxy) is 1. The lowest BCUT2D eigenvalue weighted by Gasteiger charge is -2.46. The van der Waals surface area contributed by atoms with Crippen LogP contribution in [0.5, 0.6) is 0 Å². The molecule has 0 radical (unpaired) electrons. The lowest BCUT2D eigenvalue weighted by Crippen LogP contribution is -2.58. The molecule has 1 aromatic carbocycles. The van der Waals surface area contributed by atoms with E-state index in [-0.39, 0.29) is 4.90 Å². The highest BCUT2D eigenvalue weighted by Gasteiger charge is 2.43. The molecule has 0 aliphatic carbocycles. The third kappa shape index (κ3) is 3.77. The number of alkyl halides is 1. The molecule has 1 fully saturated rings. The largest absolute Gasteiger partial charge is 0.367 e. The standard InChI is InChI=1S/C15H22ClNO3S/c1-14(2)10-17(11-15(3,4)20-14)21(18,19)13-7-5-6-12(8-13)9-16/h5-8H,9-11H2,1-4H3. The fraction of sp³-hybridized carbons (Fsp3) is 0.600. The Morgan fingerprint density at radius 3 is 2.29 bits per heavy atom. The van der Waals surface area contributed by atoms with Gasteiger partial charge in [0, 0.05) is 19.0 Å². The first kappa shape index (κ1) is 16.7. The molecule has 0 atom stereocenters. The molecule has 0 aromatic heterocycles. The Kier molecular flexibility index (Phi) is 4.42. The molecule has 0 N–H and O–H groups in total. The fourth-order valence-electron chi connectivity index (χ4n) is 2.83. The van der Waals surface area contributed by atoms with Crippen molar-refractivity contribution in [3.63, 3.8) is 0 Å². The van der Waals surface area contributed by atoms with E-state index in [0.717, 1.165) is 5.56 Å². The summed E-state index contributed by atoms with van der Waals surface area (Å²) in [6.45, 7) is 8.31. The van der Waals surface area contributed by atoms with E-state index in [9.17, 15) is 8.42 Å². The fourth-order valence-corrected chi connectivity index (χ4v) is 4.80. The molecular formula is C15H22ClNO3S. The zero-order chi connectivity index (χ0) is 15.9. The molecule has 0 unspecified atom stereocenters. The Hall–Kier alpha value is -0.620. The van der Waals surface area contributed by atoms with Crippen LogP contribution in [0.15, 0.2) is 29.2 Å². The van der Waals surface area contributed by atoms with Gasteiger partial charge in [0.1, 0.15) is 0 Å². The van der Waals surface area contributed by atoms with Crippen LogP contribution in [0.2, 0.25) is 0 Å². The molecular weight excluding hydrogens is 310 g/mol. The Morgan fingerprint density at radius 2 is 1.76 bits per heavy atom. The van der Waals surface area contributed by atoms with Crippen molar-refractivity contribution in [2.24, 2.45) is 0 Å². The van der Waals surface area contributed by atoms with Crippen LogP contribution in [0.25, 0.3) is 0 Å². The molecule has 1 aliphatic heterocycles. The highest BCUT2D eigenvalue weighted by Crippen LogP contribution is 2.31. The maximum Gasteiger partial charge on any atom is 0.243 e. The minimum Gasteiger partial charge on any atom is -0.367 e. The van der Waals surface area contributed by atoms with Crippen molar-refractivity contribution in [2.45, 2.75) is 49.7 Å². The van der Waals surface area contributed by atoms with Gasteiger partial charge < -0.3 is 4.74 Å². The van der Waals surface area contributed by atoms with E-state index in [0.29, 0.717) is 19.0 Å². The van der Waals surface area contributed by atoms with E-state index in [1.807, 2.05) is 33.8 Å². The van der Waals surface area contributed by atoms with Crippen molar-refractivity contribution >= 4 is 21.6 Å². The third-order valence-corrected chi connectivity index (χ3v) is 5.45. The highest BCUT2D eigenvalue weighted by atomic mass is 35.5. The average molecular weight is 332 g/mol. The predicted octanol–water partition coefficient (Wildman–Crippen LogP) is 3.00. The van der Waals surface area contributed by atoms with Gasteiger partial charge in [0.05, 0.1) is 16.1 Å². The summed E-state index contributed by atoms with van der Waals surface area (Å²) in [6, 6.07) is 6.79. The van der Waals surface area contributed by atoms with Gasteiger partial charge in [-0.05, 0) is 45.4 Å². The van der Waals surface area contributed by atoms with Crippen molar-refractivity contribution in [1.29, 1.82) is 0 Å². The van der Waals surface area contributed by atoms with Gasteiger partial charge >= 0.3 is 0 Å². The molecule has 1 saturated heterocycles. The molecule has 0 spiro atoms. The number of sulfonamides is 1. The molecule has 4 nitrogen and oxygen atoms in total. The van der Waals surface area contributed by atoms with Crippen LogP contribution in [-0.2, 0) is 20.6 Å². The van der Waals surface area contributed by atoms with Crippen LogP contribution in [0.3, 0.4) is 0 Å². The van der Waals surface area contributed by atoms with Crippen molar-refractivity contribution in [3.8, 4) is 0 Å². The van der Waals surface area contributed by atoms with Crippen LogP contribution in [0.4, 0.5) is 0 Å². The first-order chi connectivity index (χ1) is 9.56. The number of halogens is 1. The summed E-state index contributed by atoms with van der Waals surface area (Å²) in [5.41, 5.74) is -0.234. The quantitative estimate of drug-likeness (QED) is 0.800. The minimum absolute atomic E-state index is 0.286. The van der Waals surface area contributed by atoms with Crippen molar-refractivity contribution in [3.05, 3.63) is 29.8 Å².